The molecule has 0 spiro atoms. The van der Waals surface area contributed by atoms with E-state index in [-0.39, 0.29) is 18.4 Å². The molecule has 0 atom stereocenters. The quantitative estimate of drug-likeness (QED) is 0.103. The molecular formula is C34H30BrN5O3S. The summed E-state index contributed by atoms with van der Waals surface area (Å²) in [5.41, 5.74) is 10.7. The van der Waals surface area contributed by atoms with Crippen LogP contribution in [0.1, 0.15) is 32.6 Å². The predicted molar refractivity (Wildman–Crippen MR) is 181 cm³/mol. The number of nitrogens with zero attached hydrogens (tertiary/aromatic N) is 2. The summed E-state index contributed by atoms with van der Waals surface area (Å²) in [6.07, 6.45) is 1.53. The fraction of sp³-hybridized carbons (Fsp3) is 0.118. The number of carbonyl (C=O) groups is 2. The molecule has 0 aliphatic heterocycles. The van der Waals surface area contributed by atoms with Crippen LogP contribution in [-0.4, -0.2) is 29.6 Å². The van der Waals surface area contributed by atoms with Crippen molar-refractivity contribution in [3.8, 4) is 17.0 Å². The number of anilines is 3. The molecule has 0 bridgehead atoms. The topological polar surface area (TPSA) is 105 Å². The molecule has 0 fully saturated rings. The Bertz CT molecular complexity index is 1820. The maximum Gasteiger partial charge on any atom is 0.271 e. The van der Waals surface area contributed by atoms with Crippen molar-refractivity contribution in [3.05, 3.63) is 123 Å². The molecule has 0 unspecified atom stereocenters. The van der Waals surface area contributed by atoms with E-state index in [2.05, 4.69) is 49.0 Å². The second-order valence-electron chi connectivity index (χ2n) is 10.1. The molecule has 10 heteroatoms. The number of halogens is 1. The summed E-state index contributed by atoms with van der Waals surface area (Å²) in [6.45, 7) is 5.93. The molecule has 0 saturated carbocycles. The van der Waals surface area contributed by atoms with Crippen LogP contribution in [0, 0.1) is 20.8 Å². The molecule has 2 amide bonds. The second-order valence-corrected chi connectivity index (χ2v) is 11.8. The zero-order valence-corrected chi connectivity index (χ0v) is 26.8. The van der Waals surface area contributed by atoms with Crippen LogP contribution in [0.15, 0.2) is 99.9 Å². The fourth-order valence-electron chi connectivity index (χ4n) is 4.12. The van der Waals surface area contributed by atoms with Gasteiger partial charge in [-0.15, -0.1) is 11.3 Å². The van der Waals surface area contributed by atoms with Gasteiger partial charge in [0, 0.05) is 27.9 Å². The van der Waals surface area contributed by atoms with E-state index >= 15 is 0 Å². The lowest BCUT2D eigenvalue weighted by Crippen LogP contribution is -2.20. The highest BCUT2D eigenvalue weighted by Gasteiger charge is 2.10. The van der Waals surface area contributed by atoms with Crippen molar-refractivity contribution in [2.75, 3.05) is 17.2 Å². The predicted octanol–water partition coefficient (Wildman–Crippen LogP) is 8.02. The van der Waals surface area contributed by atoms with Gasteiger partial charge in [0.25, 0.3) is 11.8 Å². The highest BCUT2D eigenvalue weighted by Crippen LogP contribution is 2.28. The number of hydrogen-bond acceptors (Lipinski definition) is 7. The molecule has 0 saturated heterocycles. The fourth-order valence-corrected chi connectivity index (χ4v) is 5.37. The van der Waals surface area contributed by atoms with Gasteiger partial charge in [-0.2, -0.15) is 5.10 Å². The largest absolute Gasteiger partial charge is 0.483 e. The van der Waals surface area contributed by atoms with Gasteiger partial charge >= 0.3 is 0 Å². The van der Waals surface area contributed by atoms with Crippen molar-refractivity contribution in [3.63, 3.8) is 0 Å². The Balaban J connectivity index is 1.10. The number of rotatable bonds is 10. The SMILES string of the molecule is Cc1ccc(Nc2nc(-c3ccc(C(=O)N/N=C/c4ccc(OCC(=O)Nc5ccc(C)c(C)c5)c(Br)c4)cc3)cs2)cc1. The zero-order chi connectivity index (χ0) is 31.1. The van der Waals surface area contributed by atoms with Gasteiger partial charge in [0.05, 0.1) is 16.4 Å². The molecule has 0 aliphatic rings. The first-order valence-corrected chi connectivity index (χ1v) is 15.4. The van der Waals surface area contributed by atoms with Crippen molar-refractivity contribution in [2.45, 2.75) is 20.8 Å². The number of hydrogen-bond donors (Lipinski definition) is 3. The Hall–Kier alpha value is -4.80. The van der Waals surface area contributed by atoms with Crippen LogP contribution >= 0.6 is 27.3 Å². The first-order chi connectivity index (χ1) is 21.2. The normalized spacial score (nSPS) is 10.9. The molecule has 3 N–H and O–H groups in total. The maximum absolute atomic E-state index is 12.6. The number of hydrazone groups is 1. The van der Waals surface area contributed by atoms with Gasteiger partial charge in [0.2, 0.25) is 0 Å². The highest BCUT2D eigenvalue weighted by atomic mass is 79.9. The lowest BCUT2D eigenvalue weighted by atomic mass is 10.1. The van der Waals surface area contributed by atoms with Crippen LogP contribution in [0.25, 0.3) is 11.3 Å². The standard InChI is InChI=1S/C34H30BrN5O3S/c1-21-4-12-27(13-5-21)38-34-39-30(20-44-34)25-8-10-26(11-9-25)33(42)40-36-18-24-7-15-31(29(35)17-24)43-19-32(41)37-28-14-6-22(2)23(3)16-28/h4-18,20H,19H2,1-3H3,(H,37,41)(H,38,39)(H,40,42)/b36-18+. The molecule has 0 aliphatic carbocycles. The van der Waals surface area contributed by atoms with Crippen molar-refractivity contribution in [2.24, 2.45) is 5.10 Å². The molecule has 5 aromatic rings. The molecule has 222 valence electrons. The van der Waals surface area contributed by atoms with Gasteiger partial charge in [-0.25, -0.2) is 10.4 Å². The van der Waals surface area contributed by atoms with Crippen molar-refractivity contribution >= 4 is 61.8 Å². The molecule has 0 radical (unpaired) electrons. The minimum atomic E-state index is -0.332. The van der Waals surface area contributed by atoms with E-state index in [9.17, 15) is 9.59 Å². The third-order valence-corrected chi connectivity index (χ3v) is 8.11. The van der Waals surface area contributed by atoms with Gasteiger partial charge in [0.1, 0.15) is 5.75 Å². The molecule has 44 heavy (non-hydrogen) atoms. The Labute approximate surface area is 268 Å². The number of nitrogens with one attached hydrogen (secondary N) is 3. The van der Waals surface area contributed by atoms with Gasteiger partial charge in [-0.3, -0.25) is 9.59 Å². The highest BCUT2D eigenvalue weighted by molar-refractivity contribution is 9.10. The second kappa shape index (κ2) is 14.1. The summed E-state index contributed by atoms with van der Waals surface area (Å²) in [6, 6.07) is 26.4. The van der Waals surface area contributed by atoms with Gasteiger partial charge < -0.3 is 15.4 Å². The average Bonchev–Trinajstić information content (AvgIpc) is 3.48. The average molecular weight is 669 g/mol. The van der Waals surface area contributed by atoms with Gasteiger partial charge in [0.15, 0.2) is 11.7 Å². The molecule has 5 rings (SSSR count). The number of carbonyl (C=O) groups excluding carboxylic acids is 2. The summed E-state index contributed by atoms with van der Waals surface area (Å²) >= 11 is 4.99. The van der Waals surface area contributed by atoms with Gasteiger partial charge in [-0.1, -0.05) is 35.9 Å². The van der Waals surface area contributed by atoms with E-state index in [1.807, 2.05) is 73.8 Å². The van der Waals surface area contributed by atoms with E-state index in [0.29, 0.717) is 15.8 Å². The number of ether oxygens (including phenoxy) is 1. The van der Waals surface area contributed by atoms with E-state index in [4.69, 9.17) is 4.74 Å². The minimum absolute atomic E-state index is 0.137. The monoisotopic (exact) mass is 667 g/mol. The Kier molecular flexibility index (Phi) is 9.83. The number of amides is 2. The summed E-state index contributed by atoms with van der Waals surface area (Å²) < 4.78 is 6.33. The molecule has 4 aromatic carbocycles. The molecular weight excluding hydrogens is 638 g/mol. The molecule has 1 heterocycles. The van der Waals surface area contributed by atoms with Crippen molar-refractivity contribution < 1.29 is 14.3 Å². The van der Waals surface area contributed by atoms with Crippen LogP contribution in [0.4, 0.5) is 16.5 Å². The third-order valence-electron chi connectivity index (χ3n) is 6.73. The van der Waals surface area contributed by atoms with Gasteiger partial charge in [-0.05, 0) is 108 Å². The number of thiazole rings is 1. The molecule has 8 nitrogen and oxygen atoms in total. The summed E-state index contributed by atoms with van der Waals surface area (Å²) in [4.78, 5) is 29.6. The van der Waals surface area contributed by atoms with Crippen molar-refractivity contribution in [1.82, 2.24) is 10.4 Å². The Morgan fingerprint density at radius 3 is 2.39 bits per heavy atom. The Morgan fingerprint density at radius 1 is 0.909 bits per heavy atom. The summed E-state index contributed by atoms with van der Waals surface area (Å²) in [7, 11) is 0. The van der Waals surface area contributed by atoms with Crippen LogP contribution in [0.5, 0.6) is 5.75 Å². The van der Waals surface area contributed by atoms with E-state index in [1.54, 1.807) is 30.3 Å². The van der Waals surface area contributed by atoms with Crippen LogP contribution < -0.4 is 20.8 Å². The van der Waals surface area contributed by atoms with Crippen LogP contribution in [0.2, 0.25) is 0 Å². The lowest BCUT2D eigenvalue weighted by Gasteiger charge is -2.10. The van der Waals surface area contributed by atoms with E-state index in [0.717, 1.165) is 44.5 Å². The Morgan fingerprint density at radius 2 is 1.66 bits per heavy atom. The third kappa shape index (κ3) is 8.18. The summed E-state index contributed by atoms with van der Waals surface area (Å²) in [5.74, 6) is -0.0747. The van der Waals surface area contributed by atoms with Crippen LogP contribution in [0.3, 0.4) is 0 Å². The zero-order valence-electron chi connectivity index (χ0n) is 24.4. The number of benzene rings is 4. The first kappa shape index (κ1) is 30.7. The number of aromatic nitrogens is 1. The summed E-state index contributed by atoms with van der Waals surface area (Å²) in [5, 5.41) is 13.0. The number of aryl methyl sites for hydroxylation is 3. The first-order valence-electron chi connectivity index (χ1n) is 13.8. The lowest BCUT2D eigenvalue weighted by molar-refractivity contribution is -0.118. The minimum Gasteiger partial charge on any atom is -0.483 e. The van der Waals surface area contributed by atoms with Crippen molar-refractivity contribution in [1.29, 1.82) is 0 Å². The van der Waals surface area contributed by atoms with E-state index in [1.165, 1.54) is 23.1 Å². The van der Waals surface area contributed by atoms with Crippen LogP contribution in [-0.2, 0) is 4.79 Å². The maximum atomic E-state index is 12.6. The smallest absolute Gasteiger partial charge is 0.271 e. The molecule has 1 aromatic heterocycles. The van der Waals surface area contributed by atoms with E-state index < -0.39 is 0 Å².